The Hall–Kier alpha value is -0.0800. The number of fused-ring (bicyclic) bond motifs is 2. The van der Waals surface area contributed by atoms with Gasteiger partial charge in [-0.15, -0.1) is 0 Å². The van der Waals surface area contributed by atoms with Gasteiger partial charge in [-0.2, -0.15) is 0 Å². The van der Waals surface area contributed by atoms with Gasteiger partial charge in [0, 0.05) is 6.04 Å². The third-order valence-electron chi connectivity index (χ3n) is 5.06. The van der Waals surface area contributed by atoms with Crippen molar-refractivity contribution < 1.29 is 5.11 Å². The molecule has 3 N–H and O–H groups in total. The van der Waals surface area contributed by atoms with Crippen molar-refractivity contribution in [2.45, 2.75) is 70.9 Å². The van der Waals surface area contributed by atoms with Gasteiger partial charge >= 0.3 is 0 Å². The van der Waals surface area contributed by atoms with Crippen molar-refractivity contribution in [2.24, 2.45) is 23.0 Å². The number of nitrogens with two attached hydrogens (primary N) is 1. The highest BCUT2D eigenvalue weighted by molar-refractivity contribution is 5.03. The van der Waals surface area contributed by atoms with E-state index in [1.807, 2.05) is 6.92 Å². The summed E-state index contributed by atoms with van der Waals surface area (Å²) in [6.07, 6.45) is 6.95. The SMILES string of the molecule is CCC1CC2CC(C)(O)CC(C(C)N)(C1)C2. The quantitative estimate of drug-likeness (QED) is 0.759. The Kier molecular flexibility index (Phi) is 3.09. The van der Waals surface area contributed by atoms with E-state index in [4.69, 9.17) is 5.73 Å². The number of rotatable bonds is 2. The summed E-state index contributed by atoms with van der Waals surface area (Å²) in [5, 5.41) is 10.4. The molecule has 0 aliphatic heterocycles. The zero-order valence-corrected chi connectivity index (χ0v) is 11.0. The van der Waals surface area contributed by atoms with Crippen molar-refractivity contribution in [2.75, 3.05) is 0 Å². The molecule has 0 saturated heterocycles. The van der Waals surface area contributed by atoms with Crippen LogP contribution in [0.25, 0.3) is 0 Å². The molecule has 0 aromatic carbocycles. The zero-order valence-electron chi connectivity index (χ0n) is 11.0. The van der Waals surface area contributed by atoms with Crippen molar-refractivity contribution in [3.05, 3.63) is 0 Å². The summed E-state index contributed by atoms with van der Waals surface area (Å²) in [6, 6.07) is 0.219. The Morgan fingerprint density at radius 3 is 2.62 bits per heavy atom. The normalized spacial score (nSPS) is 50.1. The maximum Gasteiger partial charge on any atom is 0.0628 e. The van der Waals surface area contributed by atoms with Crippen LogP contribution in [0.15, 0.2) is 0 Å². The summed E-state index contributed by atoms with van der Waals surface area (Å²) in [7, 11) is 0. The van der Waals surface area contributed by atoms with Crippen LogP contribution in [0.1, 0.15) is 59.3 Å². The maximum absolute atomic E-state index is 10.4. The van der Waals surface area contributed by atoms with Gasteiger partial charge in [0.25, 0.3) is 0 Å². The van der Waals surface area contributed by atoms with Crippen LogP contribution in [0, 0.1) is 17.3 Å². The molecule has 5 atom stereocenters. The summed E-state index contributed by atoms with van der Waals surface area (Å²) >= 11 is 0. The predicted molar refractivity (Wildman–Crippen MR) is 67.1 cm³/mol. The summed E-state index contributed by atoms with van der Waals surface area (Å²) in [4.78, 5) is 0. The minimum absolute atomic E-state index is 0.214. The fourth-order valence-corrected chi connectivity index (χ4v) is 4.47. The first-order valence-corrected chi connectivity index (χ1v) is 6.85. The lowest BCUT2D eigenvalue weighted by molar-refractivity contribution is -0.101. The Bertz CT molecular complexity index is 261. The van der Waals surface area contributed by atoms with Crippen molar-refractivity contribution >= 4 is 0 Å². The van der Waals surface area contributed by atoms with E-state index in [0.717, 1.165) is 18.8 Å². The highest BCUT2D eigenvalue weighted by Crippen LogP contribution is 2.55. The first-order chi connectivity index (χ1) is 7.37. The minimum Gasteiger partial charge on any atom is -0.390 e. The van der Waals surface area contributed by atoms with E-state index >= 15 is 0 Å². The van der Waals surface area contributed by atoms with Crippen LogP contribution in [0.2, 0.25) is 0 Å². The van der Waals surface area contributed by atoms with E-state index in [1.54, 1.807) is 0 Å². The summed E-state index contributed by atoms with van der Waals surface area (Å²) in [6.45, 7) is 6.43. The molecule has 0 aromatic rings. The van der Waals surface area contributed by atoms with Crippen LogP contribution in [0.5, 0.6) is 0 Å². The fraction of sp³-hybridized carbons (Fsp3) is 1.00. The average molecular weight is 225 g/mol. The van der Waals surface area contributed by atoms with Gasteiger partial charge in [-0.1, -0.05) is 13.3 Å². The van der Waals surface area contributed by atoms with E-state index in [2.05, 4.69) is 13.8 Å². The molecule has 5 unspecified atom stereocenters. The van der Waals surface area contributed by atoms with Gasteiger partial charge in [0.05, 0.1) is 5.60 Å². The minimum atomic E-state index is -0.477. The van der Waals surface area contributed by atoms with Gasteiger partial charge < -0.3 is 10.8 Å². The fourth-order valence-electron chi connectivity index (χ4n) is 4.47. The van der Waals surface area contributed by atoms with Crippen molar-refractivity contribution in [1.29, 1.82) is 0 Å². The van der Waals surface area contributed by atoms with Crippen LogP contribution in [-0.2, 0) is 0 Å². The van der Waals surface area contributed by atoms with E-state index in [0.29, 0.717) is 5.92 Å². The van der Waals surface area contributed by atoms with Crippen molar-refractivity contribution in [3.8, 4) is 0 Å². The molecular formula is C14H27NO. The number of hydrogen-bond acceptors (Lipinski definition) is 2. The Morgan fingerprint density at radius 2 is 2.06 bits per heavy atom. The third kappa shape index (κ3) is 2.14. The molecule has 2 rings (SSSR count). The van der Waals surface area contributed by atoms with Crippen LogP contribution in [0.4, 0.5) is 0 Å². The Morgan fingerprint density at radius 1 is 1.38 bits per heavy atom. The molecule has 2 aliphatic carbocycles. The topological polar surface area (TPSA) is 46.2 Å². The molecule has 2 bridgehead atoms. The second-order valence-corrected chi connectivity index (χ2v) is 6.81. The number of aliphatic hydroxyl groups is 1. The average Bonchev–Trinajstić information content (AvgIpc) is 2.13. The van der Waals surface area contributed by atoms with Gasteiger partial charge in [0.2, 0.25) is 0 Å². The molecule has 16 heavy (non-hydrogen) atoms. The van der Waals surface area contributed by atoms with Gasteiger partial charge in [0.1, 0.15) is 0 Å². The van der Waals surface area contributed by atoms with E-state index < -0.39 is 5.60 Å². The molecule has 0 spiro atoms. The molecule has 94 valence electrons. The first kappa shape index (κ1) is 12.4. The van der Waals surface area contributed by atoms with E-state index in [9.17, 15) is 5.11 Å². The lowest BCUT2D eigenvalue weighted by Crippen LogP contribution is -2.54. The van der Waals surface area contributed by atoms with Gasteiger partial charge in [-0.25, -0.2) is 0 Å². The molecular weight excluding hydrogens is 198 g/mol. The molecule has 2 fully saturated rings. The summed E-state index contributed by atoms with van der Waals surface area (Å²) < 4.78 is 0. The molecule has 0 heterocycles. The summed E-state index contributed by atoms with van der Waals surface area (Å²) in [5.41, 5.74) is 5.97. The van der Waals surface area contributed by atoms with Crippen molar-refractivity contribution in [3.63, 3.8) is 0 Å². The van der Waals surface area contributed by atoms with Crippen LogP contribution < -0.4 is 5.73 Å². The lowest BCUT2D eigenvalue weighted by Gasteiger charge is -2.55. The Labute approximate surface area is 99.6 Å². The van der Waals surface area contributed by atoms with Gasteiger partial charge in [-0.3, -0.25) is 0 Å². The summed E-state index contributed by atoms with van der Waals surface area (Å²) in [5.74, 6) is 1.54. The standard InChI is InChI=1S/C14H27NO/c1-4-11-5-12-6-13(3,16)9-14(7-11,8-12)10(2)15/h10-12,16H,4-9,15H2,1-3H3. The molecule has 0 aromatic heterocycles. The third-order valence-corrected chi connectivity index (χ3v) is 5.06. The first-order valence-electron chi connectivity index (χ1n) is 6.85. The Balaban J connectivity index is 2.23. The molecule has 0 amide bonds. The highest BCUT2D eigenvalue weighted by atomic mass is 16.3. The van der Waals surface area contributed by atoms with Gasteiger partial charge in [-0.05, 0) is 63.2 Å². The van der Waals surface area contributed by atoms with E-state index in [-0.39, 0.29) is 11.5 Å². The monoisotopic (exact) mass is 225 g/mol. The molecule has 2 aliphatic rings. The lowest BCUT2D eigenvalue weighted by atomic mass is 9.53. The molecule has 2 nitrogen and oxygen atoms in total. The predicted octanol–water partition coefficient (Wildman–Crippen LogP) is 2.69. The smallest absolute Gasteiger partial charge is 0.0628 e. The maximum atomic E-state index is 10.4. The van der Waals surface area contributed by atoms with Crippen LogP contribution in [0.3, 0.4) is 0 Å². The van der Waals surface area contributed by atoms with E-state index in [1.165, 1.54) is 25.7 Å². The second kappa shape index (κ2) is 3.99. The zero-order chi connectivity index (χ0) is 12.0. The molecule has 2 saturated carbocycles. The largest absolute Gasteiger partial charge is 0.390 e. The molecule has 0 radical (unpaired) electrons. The highest BCUT2D eigenvalue weighted by Gasteiger charge is 2.51. The molecule has 2 heteroatoms. The van der Waals surface area contributed by atoms with Crippen LogP contribution in [-0.4, -0.2) is 16.7 Å². The van der Waals surface area contributed by atoms with Crippen LogP contribution >= 0.6 is 0 Å². The van der Waals surface area contributed by atoms with Gasteiger partial charge in [0.15, 0.2) is 0 Å². The number of hydrogen-bond donors (Lipinski definition) is 2. The van der Waals surface area contributed by atoms with Crippen molar-refractivity contribution in [1.82, 2.24) is 0 Å². The second-order valence-electron chi connectivity index (χ2n) is 6.81.